The van der Waals surface area contributed by atoms with Crippen molar-refractivity contribution in [1.29, 1.82) is 0 Å². The number of aliphatic hydroxyl groups is 1. The molecule has 0 saturated carbocycles. The van der Waals surface area contributed by atoms with Crippen molar-refractivity contribution in [3.63, 3.8) is 0 Å². The quantitative estimate of drug-likeness (QED) is 0.585. The lowest BCUT2D eigenvalue weighted by molar-refractivity contribution is 0.101. The van der Waals surface area contributed by atoms with Crippen LogP contribution in [0.15, 0.2) is 29.2 Å². The number of hydrogen-bond donors (Lipinski definition) is 1. The fourth-order valence-electron chi connectivity index (χ4n) is 1.80. The van der Waals surface area contributed by atoms with Crippen LogP contribution in [0.1, 0.15) is 36.5 Å². The van der Waals surface area contributed by atoms with Crippen LogP contribution in [-0.2, 0) is 10.0 Å². The van der Waals surface area contributed by atoms with Crippen LogP contribution >= 0.6 is 0 Å². The third-order valence-corrected chi connectivity index (χ3v) is 4.93. The van der Waals surface area contributed by atoms with E-state index in [9.17, 15) is 13.2 Å². The van der Waals surface area contributed by atoms with E-state index in [2.05, 4.69) is 0 Å². The number of carbonyl (C=O) groups is 1. The van der Waals surface area contributed by atoms with Gasteiger partial charge in [0.2, 0.25) is 10.0 Å². The van der Waals surface area contributed by atoms with Crippen molar-refractivity contribution in [1.82, 2.24) is 4.31 Å². The van der Waals surface area contributed by atoms with Crippen LogP contribution in [-0.4, -0.2) is 43.8 Å². The van der Waals surface area contributed by atoms with Gasteiger partial charge in [-0.2, -0.15) is 0 Å². The monoisotopic (exact) mass is 299 g/mol. The van der Waals surface area contributed by atoms with Crippen molar-refractivity contribution in [3.05, 3.63) is 29.8 Å². The molecule has 5 nitrogen and oxygen atoms in total. The molecule has 112 valence electrons. The standard InChI is InChI=1S/C14H21NO4S/c1-12(17)13-7-6-8-14(11-13)20(18,19)15(2)9-4-3-5-10-16/h6-8,11,16H,3-5,9-10H2,1-2H3. The van der Waals surface area contributed by atoms with Crippen LogP contribution in [0.2, 0.25) is 0 Å². The molecule has 0 aliphatic heterocycles. The molecule has 0 saturated heterocycles. The number of unbranched alkanes of at least 4 members (excludes halogenated alkanes) is 2. The molecule has 1 aromatic rings. The summed E-state index contributed by atoms with van der Waals surface area (Å²) in [4.78, 5) is 11.4. The Balaban J connectivity index is 2.82. The normalized spacial score (nSPS) is 11.8. The summed E-state index contributed by atoms with van der Waals surface area (Å²) in [5, 5.41) is 8.69. The largest absolute Gasteiger partial charge is 0.396 e. The smallest absolute Gasteiger partial charge is 0.242 e. The summed E-state index contributed by atoms with van der Waals surface area (Å²) in [6, 6.07) is 6.07. The number of sulfonamides is 1. The zero-order valence-electron chi connectivity index (χ0n) is 11.9. The topological polar surface area (TPSA) is 74.7 Å². The summed E-state index contributed by atoms with van der Waals surface area (Å²) in [6.07, 6.45) is 2.15. The number of carbonyl (C=O) groups excluding carboxylic acids is 1. The summed E-state index contributed by atoms with van der Waals surface area (Å²) < 4.78 is 26.0. The third-order valence-electron chi connectivity index (χ3n) is 3.08. The molecule has 0 atom stereocenters. The highest BCUT2D eigenvalue weighted by molar-refractivity contribution is 7.89. The van der Waals surface area contributed by atoms with Crippen LogP contribution in [0.4, 0.5) is 0 Å². The zero-order valence-corrected chi connectivity index (χ0v) is 12.7. The molecule has 1 aromatic carbocycles. The molecule has 0 radical (unpaired) electrons. The predicted molar refractivity (Wildman–Crippen MR) is 77.2 cm³/mol. The molecular weight excluding hydrogens is 278 g/mol. The average Bonchev–Trinajstić information content (AvgIpc) is 2.43. The van der Waals surface area contributed by atoms with Gasteiger partial charge in [0.05, 0.1) is 4.90 Å². The van der Waals surface area contributed by atoms with E-state index < -0.39 is 10.0 Å². The molecule has 0 spiro atoms. The van der Waals surface area contributed by atoms with Crippen LogP contribution in [0, 0.1) is 0 Å². The van der Waals surface area contributed by atoms with E-state index in [0.29, 0.717) is 24.9 Å². The van der Waals surface area contributed by atoms with E-state index >= 15 is 0 Å². The first kappa shape index (κ1) is 16.8. The zero-order chi connectivity index (χ0) is 15.2. The summed E-state index contributed by atoms with van der Waals surface area (Å²) in [7, 11) is -2.04. The minimum Gasteiger partial charge on any atom is -0.396 e. The Morgan fingerprint density at radius 3 is 2.55 bits per heavy atom. The van der Waals surface area contributed by atoms with E-state index in [1.807, 2.05) is 0 Å². The molecule has 0 aliphatic rings. The van der Waals surface area contributed by atoms with Gasteiger partial charge in [-0.3, -0.25) is 4.79 Å². The average molecular weight is 299 g/mol. The minimum atomic E-state index is -3.56. The molecule has 0 heterocycles. The molecule has 0 amide bonds. The van der Waals surface area contributed by atoms with Gasteiger partial charge in [0.15, 0.2) is 5.78 Å². The Bertz CT molecular complexity index is 554. The maximum Gasteiger partial charge on any atom is 0.242 e. The van der Waals surface area contributed by atoms with Crippen molar-refractivity contribution >= 4 is 15.8 Å². The van der Waals surface area contributed by atoms with Gasteiger partial charge in [-0.25, -0.2) is 12.7 Å². The first-order chi connectivity index (χ1) is 9.39. The summed E-state index contributed by atoms with van der Waals surface area (Å²) in [5.41, 5.74) is 0.389. The van der Waals surface area contributed by atoms with E-state index in [1.54, 1.807) is 12.1 Å². The Morgan fingerprint density at radius 1 is 1.25 bits per heavy atom. The number of hydrogen-bond acceptors (Lipinski definition) is 4. The van der Waals surface area contributed by atoms with Crippen molar-refractivity contribution in [2.75, 3.05) is 20.2 Å². The molecule has 0 aromatic heterocycles. The Morgan fingerprint density at radius 2 is 1.95 bits per heavy atom. The molecule has 0 fully saturated rings. The number of aliphatic hydroxyl groups excluding tert-OH is 1. The van der Waals surface area contributed by atoms with Crippen LogP contribution in [0.25, 0.3) is 0 Å². The highest BCUT2D eigenvalue weighted by Gasteiger charge is 2.20. The van der Waals surface area contributed by atoms with Gasteiger partial charge in [-0.1, -0.05) is 12.1 Å². The summed E-state index contributed by atoms with van der Waals surface area (Å²) in [6.45, 7) is 1.92. The fraction of sp³-hybridized carbons (Fsp3) is 0.500. The second-order valence-corrected chi connectivity index (χ2v) is 6.74. The number of nitrogens with zero attached hydrogens (tertiary/aromatic N) is 1. The van der Waals surface area contributed by atoms with E-state index in [-0.39, 0.29) is 17.3 Å². The number of rotatable bonds is 8. The van der Waals surface area contributed by atoms with Gasteiger partial charge in [-0.15, -0.1) is 0 Å². The summed E-state index contributed by atoms with van der Waals surface area (Å²) in [5.74, 6) is -0.160. The minimum absolute atomic E-state index is 0.122. The second-order valence-electron chi connectivity index (χ2n) is 4.69. The maximum atomic E-state index is 12.3. The highest BCUT2D eigenvalue weighted by atomic mass is 32.2. The van der Waals surface area contributed by atoms with Gasteiger partial charge in [-0.05, 0) is 38.3 Å². The Labute approximate surface area is 120 Å². The van der Waals surface area contributed by atoms with Crippen molar-refractivity contribution in [3.8, 4) is 0 Å². The second kappa shape index (κ2) is 7.52. The molecule has 6 heteroatoms. The molecule has 1 N–H and O–H groups in total. The van der Waals surface area contributed by atoms with Crippen molar-refractivity contribution < 1.29 is 18.3 Å². The first-order valence-corrected chi connectivity index (χ1v) is 8.02. The molecule has 0 aliphatic carbocycles. The van der Waals surface area contributed by atoms with Crippen LogP contribution in [0.3, 0.4) is 0 Å². The van der Waals surface area contributed by atoms with Gasteiger partial charge in [0.25, 0.3) is 0 Å². The van der Waals surface area contributed by atoms with Gasteiger partial charge >= 0.3 is 0 Å². The Hall–Kier alpha value is -1.24. The van der Waals surface area contributed by atoms with Crippen molar-refractivity contribution in [2.24, 2.45) is 0 Å². The van der Waals surface area contributed by atoms with E-state index in [4.69, 9.17) is 5.11 Å². The molecule has 20 heavy (non-hydrogen) atoms. The number of Topliss-reactive ketones (excluding diaryl/α,β-unsaturated/α-hetero) is 1. The maximum absolute atomic E-state index is 12.3. The van der Waals surface area contributed by atoms with Gasteiger partial charge in [0.1, 0.15) is 0 Å². The lowest BCUT2D eigenvalue weighted by atomic mass is 10.2. The molecule has 1 rings (SSSR count). The first-order valence-electron chi connectivity index (χ1n) is 6.58. The summed E-state index contributed by atoms with van der Waals surface area (Å²) >= 11 is 0. The third kappa shape index (κ3) is 4.40. The SMILES string of the molecule is CC(=O)c1cccc(S(=O)(=O)N(C)CCCCCO)c1. The number of benzene rings is 1. The van der Waals surface area contributed by atoms with E-state index in [1.165, 1.54) is 30.4 Å². The molecule has 0 unspecified atom stereocenters. The highest BCUT2D eigenvalue weighted by Crippen LogP contribution is 2.17. The van der Waals surface area contributed by atoms with Crippen LogP contribution in [0.5, 0.6) is 0 Å². The predicted octanol–water partition coefficient (Wildman–Crippen LogP) is 1.67. The lowest BCUT2D eigenvalue weighted by Crippen LogP contribution is -2.28. The Kier molecular flexibility index (Phi) is 6.32. The fourth-order valence-corrected chi connectivity index (χ4v) is 3.05. The van der Waals surface area contributed by atoms with Gasteiger partial charge in [0, 0.05) is 25.8 Å². The van der Waals surface area contributed by atoms with Crippen LogP contribution < -0.4 is 0 Å². The lowest BCUT2D eigenvalue weighted by Gasteiger charge is -2.17. The van der Waals surface area contributed by atoms with Crippen molar-refractivity contribution in [2.45, 2.75) is 31.1 Å². The van der Waals surface area contributed by atoms with Gasteiger partial charge < -0.3 is 5.11 Å². The number of ketones is 1. The van der Waals surface area contributed by atoms with E-state index in [0.717, 1.165) is 6.42 Å². The molecule has 0 bridgehead atoms. The molecular formula is C14H21NO4S.